The molecule has 1 aromatic rings. The second-order valence-electron chi connectivity index (χ2n) is 7.77. The van der Waals surface area contributed by atoms with Crippen LogP contribution < -0.4 is 5.32 Å². The zero-order valence-corrected chi connectivity index (χ0v) is 17.0. The Bertz CT molecular complexity index is 698. The van der Waals surface area contributed by atoms with Crippen molar-refractivity contribution in [1.82, 2.24) is 10.2 Å². The molecule has 1 unspecified atom stereocenters. The van der Waals surface area contributed by atoms with Gasteiger partial charge in [0.05, 0.1) is 12.5 Å². The van der Waals surface area contributed by atoms with Gasteiger partial charge in [0.2, 0.25) is 0 Å². The lowest BCUT2D eigenvalue weighted by atomic mass is 10.0. The molecule has 2 atom stereocenters. The Morgan fingerprint density at radius 3 is 2.41 bits per heavy atom. The topological polar surface area (TPSA) is 116 Å². The van der Waals surface area contributed by atoms with Crippen LogP contribution in [0.2, 0.25) is 0 Å². The van der Waals surface area contributed by atoms with Crippen molar-refractivity contribution >= 4 is 18.0 Å². The number of urea groups is 1. The van der Waals surface area contributed by atoms with Gasteiger partial charge in [0.1, 0.15) is 6.04 Å². The van der Waals surface area contributed by atoms with Crippen molar-refractivity contribution in [1.29, 1.82) is 0 Å². The lowest BCUT2D eigenvalue weighted by Crippen LogP contribution is -2.50. The molecule has 0 aromatic heterocycles. The van der Waals surface area contributed by atoms with Crippen molar-refractivity contribution in [2.75, 3.05) is 19.7 Å². The third-order valence-corrected chi connectivity index (χ3v) is 4.79. The number of amides is 2. The first-order valence-electron chi connectivity index (χ1n) is 9.96. The molecular formula is C21H30N2O6. The summed E-state index contributed by atoms with van der Waals surface area (Å²) in [6, 6.07) is 5.91. The lowest BCUT2D eigenvalue weighted by molar-refractivity contribution is -0.139. The van der Waals surface area contributed by atoms with Crippen LogP contribution in [0.4, 0.5) is 4.79 Å². The predicted molar refractivity (Wildman–Crippen MR) is 107 cm³/mol. The molecule has 160 valence electrons. The predicted octanol–water partition coefficient (Wildman–Crippen LogP) is 2.68. The Kier molecular flexibility index (Phi) is 8.45. The van der Waals surface area contributed by atoms with E-state index in [1.165, 1.54) is 4.90 Å². The molecule has 1 aliphatic heterocycles. The molecule has 2 rings (SSSR count). The molecular weight excluding hydrogens is 376 g/mol. The van der Waals surface area contributed by atoms with Crippen LogP contribution in [0.3, 0.4) is 0 Å². The number of rotatable bonds is 10. The van der Waals surface area contributed by atoms with E-state index in [2.05, 4.69) is 5.32 Å². The van der Waals surface area contributed by atoms with E-state index in [0.717, 1.165) is 30.6 Å². The maximum Gasteiger partial charge on any atom is 0.326 e. The van der Waals surface area contributed by atoms with Crippen molar-refractivity contribution in [3.05, 3.63) is 35.4 Å². The van der Waals surface area contributed by atoms with Crippen LogP contribution in [-0.4, -0.2) is 58.8 Å². The molecule has 1 saturated heterocycles. The van der Waals surface area contributed by atoms with Crippen LogP contribution in [0.25, 0.3) is 0 Å². The van der Waals surface area contributed by atoms with E-state index in [1.54, 1.807) is 0 Å². The highest BCUT2D eigenvalue weighted by Gasteiger charge is 2.25. The van der Waals surface area contributed by atoms with Crippen LogP contribution in [0.15, 0.2) is 24.3 Å². The minimum Gasteiger partial charge on any atom is -0.481 e. The number of carboxylic acid groups (broad SMARTS) is 2. The Morgan fingerprint density at radius 1 is 1.21 bits per heavy atom. The molecule has 29 heavy (non-hydrogen) atoms. The summed E-state index contributed by atoms with van der Waals surface area (Å²) in [7, 11) is 0. The number of nitrogens with zero attached hydrogens (tertiary/aromatic N) is 1. The number of ether oxygens (including phenoxy) is 1. The van der Waals surface area contributed by atoms with Gasteiger partial charge in [-0.15, -0.1) is 0 Å². The molecule has 8 nitrogen and oxygen atoms in total. The SMILES string of the molecule is CC(C)CN(CCC(=O)O)C(=O)N[C@@H](Cc1ccc(C2CCCO2)cc1)C(=O)O. The number of nitrogens with one attached hydrogen (secondary N) is 1. The highest BCUT2D eigenvalue weighted by atomic mass is 16.5. The van der Waals surface area contributed by atoms with Crippen molar-refractivity contribution in [2.24, 2.45) is 5.92 Å². The minimum atomic E-state index is -1.13. The van der Waals surface area contributed by atoms with E-state index >= 15 is 0 Å². The number of carboxylic acids is 2. The molecule has 0 saturated carbocycles. The highest BCUT2D eigenvalue weighted by molar-refractivity contribution is 5.83. The molecule has 8 heteroatoms. The van der Waals surface area contributed by atoms with E-state index in [1.807, 2.05) is 38.1 Å². The summed E-state index contributed by atoms with van der Waals surface area (Å²) in [5, 5.41) is 21.0. The highest BCUT2D eigenvalue weighted by Crippen LogP contribution is 2.28. The first kappa shape index (κ1) is 22.7. The van der Waals surface area contributed by atoms with Gasteiger partial charge >= 0.3 is 18.0 Å². The molecule has 0 radical (unpaired) electrons. The second-order valence-corrected chi connectivity index (χ2v) is 7.77. The normalized spacial score (nSPS) is 17.1. The van der Waals surface area contributed by atoms with E-state index in [9.17, 15) is 19.5 Å². The zero-order valence-electron chi connectivity index (χ0n) is 17.0. The monoisotopic (exact) mass is 406 g/mol. The Hall–Kier alpha value is -2.61. The molecule has 0 aliphatic carbocycles. The van der Waals surface area contributed by atoms with Crippen LogP contribution >= 0.6 is 0 Å². The molecule has 3 N–H and O–H groups in total. The number of hydrogen-bond donors (Lipinski definition) is 3. The third-order valence-electron chi connectivity index (χ3n) is 4.79. The van der Waals surface area contributed by atoms with Gasteiger partial charge < -0.3 is 25.2 Å². The fourth-order valence-corrected chi connectivity index (χ4v) is 3.33. The summed E-state index contributed by atoms with van der Waals surface area (Å²) < 4.78 is 5.65. The van der Waals surface area contributed by atoms with E-state index in [0.29, 0.717) is 6.54 Å². The molecule has 1 aliphatic rings. The summed E-state index contributed by atoms with van der Waals surface area (Å²) in [5.41, 5.74) is 1.86. The van der Waals surface area contributed by atoms with Gasteiger partial charge in [-0.05, 0) is 29.9 Å². The molecule has 1 aromatic carbocycles. The smallest absolute Gasteiger partial charge is 0.326 e. The number of aliphatic carboxylic acids is 2. The van der Waals surface area contributed by atoms with Gasteiger partial charge in [0, 0.05) is 26.1 Å². The van der Waals surface area contributed by atoms with Gasteiger partial charge in [-0.2, -0.15) is 0 Å². The van der Waals surface area contributed by atoms with Gasteiger partial charge in [-0.3, -0.25) is 4.79 Å². The fourth-order valence-electron chi connectivity index (χ4n) is 3.33. The van der Waals surface area contributed by atoms with E-state index < -0.39 is 24.0 Å². The Balaban J connectivity index is 2.00. The summed E-state index contributed by atoms with van der Waals surface area (Å²) in [4.78, 5) is 36.4. The quantitative estimate of drug-likeness (QED) is 0.550. The summed E-state index contributed by atoms with van der Waals surface area (Å²) in [6.07, 6.45) is 2.06. The lowest BCUT2D eigenvalue weighted by Gasteiger charge is -2.26. The van der Waals surface area contributed by atoms with Gasteiger partial charge in [-0.1, -0.05) is 38.1 Å². The minimum absolute atomic E-state index is 0.0295. The van der Waals surface area contributed by atoms with Gasteiger partial charge in [0.15, 0.2) is 0 Å². The molecule has 1 fully saturated rings. The van der Waals surface area contributed by atoms with Crippen LogP contribution in [0, 0.1) is 5.92 Å². The number of benzene rings is 1. The van der Waals surface area contributed by atoms with Crippen molar-refractivity contribution in [3.8, 4) is 0 Å². The number of carbonyl (C=O) groups excluding carboxylic acids is 1. The standard InChI is InChI=1S/C21H30N2O6/c1-14(2)13-23(10-9-19(24)25)21(28)22-17(20(26)27)12-15-5-7-16(8-6-15)18-4-3-11-29-18/h5-8,14,17-18H,3-4,9-13H2,1-2H3,(H,22,28)(H,24,25)(H,26,27)/t17-,18?/m0/s1. The average Bonchev–Trinajstić information content (AvgIpc) is 3.19. The Morgan fingerprint density at radius 2 is 1.90 bits per heavy atom. The van der Waals surface area contributed by atoms with Crippen molar-refractivity contribution in [3.63, 3.8) is 0 Å². The molecule has 0 bridgehead atoms. The van der Waals surface area contributed by atoms with Crippen molar-refractivity contribution < 1.29 is 29.3 Å². The van der Waals surface area contributed by atoms with Crippen molar-refractivity contribution in [2.45, 2.75) is 51.7 Å². The van der Waals surface area contributed by atoms with Crippen LogP contribution in [0.5, 0.6) is 0 Å². The molecule has 0 spiro atoms. The first-order chi connectivity index (χ1) is 13.8. The number of carbonyl (C=O) groups is 3. The van der Waals surface area contributed by atoms with Crippen LogP contribution in [0.1, 0.15) is 50.3 Å². The summed E-state index contributed by atoms with van der Waals surface area (Å²) in [5.74, 6) is -2.01. The average molecular weight is 406 g/mol. The Labute approximate surface area is 170 Å². The summed E-state index contributed by atoms with van der Waals surface area (Å²) in [6.45, 7) is 4.95. The zero-order chi connectivity index (χ0) is 21.4. The third kappa shape index (κ3) is 7.38. The maximum absolute atomic E-state index is 12.6. The van der Waals surface area contributed by atoms with Gasteiger partial charge in [0.25, 0.3) is 0 Å². The van der Waals surface area contributed by atoms with Gasteiger partial charge in [-0.25, -0.2) is 9.59 Å². The van der Waals surface area contributed by atoms with E-state index in [-0.39, 0.29) is 31.4 Å². The largest absolute Gasteiger partial charge is 0.481 e. The van der Waals surface area contributed by atoms with Crippen LogP contribution in [-0.2, 0) is 20.7 Å². The summed E-state index contributed by atoms with van der Waals surface area (Å²) >= 11 is 0. The number of hydrogen-bond acceptors (Lipinski definition) is 4. The first-order valence-corrected chi connectivity index (χ1v) is 9.96. The fraction of sp³-hybridized carbons (Fsp3) is 0.571. The second kappa shape index (κ2) is 10.8. The van der Waals surface area contributed by atoms with E-state index in [4.69, 9.17) is 9.84 Å². The molecule has 2 amide bonds. The molecule has 1 heterocycles. The maximum atomic E-state index is 12.6.